The predicted octanol–water partition coefficient (Wildman–Crippen LogP) is 2.52. The maximum atomic E-state index is 9.19. The summed E-state index contributed by atoms with van der Waals surface area (Å²) in [6.45, 7) is 1.13. The van der Waals surface area contributed by atoms with Gasteiger partial charge in [-0.25, -0.2) is 0 Å². The monoisotopic (exact) mass is 207 g/mol. The first-order chi connectivity index (χ1) is 6.77. The molecule has 1 aliphatic rings. The van der Waals surface area contributed by atoms with Crippen LogP contribution < -0.4 is 0 Å². The molecule has 0 spiro atoms. The van der Waals surface area contributed by atoms with Gasteiger partial charge in [-0.05, 0) is 24.1 Å². The van der Waals surface area contributed by atoms with Crippen molar-refractivity contribution in [2.24, 2.45) is 0 Å². The first kappa shape index (κ1) is 9.51. The van der Waals surface area contributed by atoms with Gasteiger partial charge in [0.2, 0.25) is 0 Å². The van der Waals surface area contributed by atoms with Crippen molar-refractivity contribution >= 4 is 11.6 Å². The molecule has 1 saturated heterocycles. The molecule has 1 atom stereocenters. The van der Waals surface area contributed by atoms with Gasteiger partial charge in [0.1, 0.15) is 5.41 Å². The Hall–Kier alpha value is -1.04. The molecule has 0 radical (unpaired) electrons. The van der Waals surface area contributed by atoms with Crippen molar-refractivity contribution < 1.29 is 4.74 Å². The Labute approximate surface area is 88.1 Å². The highest BCUT2D eigenvalue weighted by Gasteiger charge is 2.36. The molecular weight excluding hydrogens is 198 g/mol. The number of hydrogen-bond donors (Lipinski definition) is 0. The van der Waals surface area contributed by atoms with Crippen molar-refractivity contribution in [1.82, 2.24) is 0 Å². The van der Waals surface area contributed by atoms with E-state index in [0.29, 0.717) is 18.2 Å². The van der Waals surface area contributed by atoms with Gasteiger partial charge >= 0.3 is 0 Å². The van der Waals surface area contributed by atoms with Crippen LogP contribution in [0.1, 0.15) is 12.0 Å². The molecule has 0 aliphatic carbocycles. The van der Waals surface area contributed by atoms with Crippen LogP contribution in [0, 0.1) is 11.3 Å². The zero-order chi connectivity index (χ0) is 10.0. The fraction of sp³-hybridized carbons (Fsp3) is 0.364. The third-order valence-electron chi connectivity index (χ3n) is 2.61. The van der Waals surface area contributed by atoms with Crippen LogP contribution in [0.3, 0.4) is 0 Å². The van der Waals surface area contributed by atoms with Crippen molar-refractivity contribution in [3.63, 3.8) is 0 Å². The van der Waals surface area contributed by atoms with E-state index in [1.54, 1.807) is 0 Å². The lowest BCUT2D eigenvalue weighted by atomic mass is 9.81. The van der Waals surface area contributed by atoms with Crippen LogP contribution in [0.15, 0.2) is 24.3 Å². The van der Waals surface area contributed by atoms with Crippen molar-refractivity contribution in [1.29, 1.82) is 5.26 Å². The largest absolute Gasteiger partial charge is 0.379 e. The zero-order valence-corrected chi connectivity index (χ0v) is 8.42. The third-order valence-corrected chi connectivity index (χ3v) is 2.85. The summed E-state index contributed by atoms with van der Waals surface area (Å²) >= 11 is 5.89. The second-order valence-corrected chi connectivity index (χ2v) is 3.94. The topological polar surface area (TPSA) is 33.0 Å². The van der Waals surface area contributed by atoms with Crippen LogP contribution in [0.5, 0.6) is 0 Å². The molecule has 0 unspecified atom stereocenters. The lowest BCUT2D eigenvalue weighted by Gasteiger charge is -2.18. The normalized spacial score (nSPS) is 26.0. The summed E-state index contributed by atoms with van der Waals surface area (Å²) < 4.78 is 5.28. The second-order valence-electron chi connectivity index (χ2n) is 3.51. The third kappa shape index (κ3) is 1.50. The van der Waals surface area contributed by atoms with E-state index in [4.69, 9.17) is 16.3 Å². The maximum absolute atomic E-state index is 9.19. The molecular formula is C11H10ClNO. The molecule has 1 heterocycles. The molecule has 14 heavy (non-hydrogen) atoms. The van der Waals surface area contributed by atoms with Crippen molar-refractivity contribution in [2.45, 2.75) is 11.8 Å². The highest BCUT2D eigenvalue weighted by molar-refractivity contribution is 6.30. The number of nitrogens with zero attached hydrogens (tertiary/aromatic N) is 1. The van der Waals surface area contributed by atoms with Crippen LogP contribution in [0.2, 0.25) is 5.02 Å². The summed E-state index contributed by atoms with van der Waals surface area (Å²) in [5, 5.41) is 9.86. The number of nitriles is 1. The number of hydrogen-bond acceptors (Lipinski definition) is 2. The summed E-state index contributed by atoms with van der Waals surface area (Å²) in [7, 11) is 0. The lowest BCUT2D eigenvalue weighted by Crippen LogP contribution is -2.23. The highest BCUT2D eigenvalue weighted by Crippen LogP contribution is 2.33. The molecule has 2 rings (SSSR count). The lowest BCUT2D eigenvalue weighted by molar-refractivity contribution is 0.186. The molecule has 1 fully saturated rings. The Morgan fingerprint density at radius 2 is 2.36 bits per heavy atom. The fourth-order valence-corrected chi connectivity index (χ4v) is 1.92. The van der Waals surface area contributed by atoms with E-state index >= 15 is 0 Å². The summed E-state index contributed by atoms with van der Waals surface area (Å²) in [6, 6.07) is 9.80. The van der Waals surface area contributed by atoms with Crippen molar-refractivity contribution in [2.75, 3.05) is 13.2 Å². The summed E-state index contributed by atoms with van der Waals surface area (Å²) in [4.78, 5) is 0. The van der Waals surface area contributed by atoms with Gasteiger partial charge < -0.3 is 4.74 Å². The van der Waals surface area contributed by atoms with E-state index in [0.717, 1.165) is 12.0 Å². The molecule has 2 nitrogen and oxygen atoms in total. The number of halogens is 1. The zero-order valence-electron chi connectivity index (χ0n) is 7.66. The van der Waals surface area contributed by atoms with Crippen LogP contribution in [-0.4, -0.2) is 13.2 Å². The van der Waals surface area contributed by atoms with E-state index in [1.807, 2.05) is 24.3 Å². The molecule has 1 aliphatic heterocycles. The summed E-state index contributed by atoms with van der Waals surface area (Å²) in [5.74, 6) is 0. The molecule has 1 aromatic rings. The van der Waals surface area contributed by atoms with Gasteiger partial charge in [0, 0.05) is 11.6 Å². The molecule has 3 heteroatoms. The quantitative estimate of drug-likeness (QED) is 0.709. The second kappa shape index (κ2) is 3.61. The van der Waals surface area contributed by atoms with Crippen molar-refractivity contribution in [3.05, 3.63) is 34.9 Å². The predicted molar refractivity (Wildman–Crippen MR) is 54.2 cm³/mol. The van der Waals surface area contributed by atoms with E-state index < -0.39 is 5.41 Å². The Morgan fingerprint density at radius 3 is 2.93 bits per heavy atom. The average molecular weight is 208 g/mol. The SMILES string of the molecule is N#C[C@]1(c2cccc(Cl)c2)CCOC1. The van der Waals surface area contributed by atoms with Crippen LogP contribution >= 0.6 is 11.6 Å². The minimum Gasteiger partial charge on any atom is -0.379 e. The van der Waals surface area contributed by atoms with E-state index in [-0.39, 0.29) is 0 Å². The van der Waals surface area contributed by atoms with Crippen LogP contribution in [0.25, 0.3) is 0 Å². The smallest absolute Gasteiger partial charge is 0.108 e. The van der Waals surface area contributed by atoms with E-state index in [2.05, 4.69) is 6.07 Å². The Morgan fingerprint density at radius 1 is 1.50 bits per heavy atom. The maximum Gasteiger partial charge on any atom is 0.108 e. The summed E-state index contributed by atoms with van der Waals surface area (Å²) in [5.41, 5.74) is 0.482. The molecule has 72 valence electrons. The number of benzene rings is 1. The van der Waals surface area contributed by atoms with Gasteiger partial charge in [0.15, 0.2) is 0 Å². The highest BCUT2D eigenvalue weighted by atomic mass is 35.5. The Balaban J connectivity index is 2.42. The molecule has 1 aromatic carbocycles. The minimum atomic E-state index is -0.481. The van der Waals surface area contributed by atoms with Crippen molar-refractivity contribution in [3.8, 4) is 6.07 Å². The number of ether oxygens (including phenoxy) is 1. The standard InChI is InChI=1S/C11H10ClNO/c12-10-3-1-2-9(6-10)11(7-13)4-5-14-8-11/h1-3,6H,4-5,8H2/t11-/m1/s1. The van der Waals surface area contributed by atoms with Gasteiger partial charge in [-0.3, -0.25) is 0 Å². The molecule has 0 aromatic heterocycles. The average Bonchev–Trinajstić information content (AvgIpc) is 2.67. The van der Waals surface area contributed by atoms with Gasteiger partial charge in [-0.2, -0.15) is 5.26 Å². The molecule has 0 saturated carbocycles. The summed E-state index contributed by atoms with van der Waals surface area (Å²) in [6.07, 6.45) is 0.754. The van der Waals surface area contributed by atoms with Gasteiger partial charge in [0.25, 0.3) is 0 Å². The molecule has 0 amide bonds. The van der Waals surface area contributed by atoms with E-state index in [1.165, 1.54) is 0 Å². The Kier molecular flexibility index (Phi) is 2.45. The first-order valence-corrected chi connectivity index (χ1v) is 4.90. The van der Waals surface area contributed by atoms with E-state index in [9.17, 15) is 5.26 Å². The molecule has 0 N–H and O–H groups in total. The minimum absolute atomic E-state index is 0.476. The molecule has 0 bridgehead atoms. The fourth-order valence-electron chi connectivity index (χ4n) is 1.73. The number of rotatable bonds is 1. The van der Waals surface area contributed by atoms with Gasteiger partial charge in [0.05, 0.1) is 12.7 Å². The first-order valence-electron chi connectivity index (χ1n) is 4.52. The van der Waals surface area contributed by atoms with Gasteiger partial charge in [-0.15, -0.1) is 0 Å². The van der Waals surface area contributed by atoms with Gasteiger partial charge in [-0.1, -0.05) is 23.7 Å². The van der Waals surface area contributed by atoms with Crippen LogP contribution in [-0.2, 0) is 10.2 Å². The Bertz CT molecular complexity index is 377. The van der Waals surface area contributed by atoms with Crippen LogP contribution in [0.4, 0.5) is 0 Å².